The van der Waals surface area contributed by atoms with Crippen LogP contribution in [0.25, 0.3) is 0 Å². The number of nitrogens with one attached hydrogen (secondary N) is 1. The Labute approximate surface area is 138 Å². The SMILES string of the molecule is Cc1cc(NC2CCCCC2C2CCCCC2)ccc1Br. The van der Waals surface area contributed by atoms with Gasteiger partial charge in [-0.25, -0.2) is 0 Å². The molecule has 0 heterocycles. The van der Waals surface area contributed by atoms with Gasteiger partial charge < -0.3 is 5.32 Å². The maximum Gasteiger partial charge on any atom is 0.0345 e. The Morgan fingerprint density at radius 3 is 2.43 bits per heavy atom. The van der Waals surface area contributed by atoms with Gasteiger partial charge in [-0.1, -0.05) is 60.9 Å². The molecule has 0 bridgehead atoms. The minimum atomic E-state index is 0.697. The number of halogens is 1. The highest BCUT2D eigenvalue weighted by Gasteiger charge is 2.32. The monoisotopic (exact) mass is 349 g/mol. The van der Waals surface area contributed by atoms with Gasteiger partial charge in [0.05, 0.1) is 0 Å². The molecule has 2 aliphatic carbocycles. The Morgan fingerprint density at radius 1 is 0.952 bits per heavy atom. The summed E-state index contributed by atoms with van der Waals surface area (Å²) in [6, 6.07) is 7.39. The van der Waals surface area contributed by atoms with E-state index in [0.29, 0.717) is 6.04 Å². The Kier molecular flexibility index (Phi) is 5.26. The Bertz CT molecular complexity index is 465. The molecular formula is C19H28BrN. The number of rotatable bonds is 3. The van der Waals surface area contributed by atoms with Crippen LogP contribution in [0.5, 0.6) is 0 Å². The summed E-state index contributed by atoms with van der Waals surface area (Å²) in [6.07, 6.45) is 13.0. The van der Waals surface area contributed by atoms with E-state index in [4.69, 9.17) is 0 Å². The van der Waals surface area contributed by atoms with Crippen molar-refractivity contribution < 1.29 is 0 Å². The van der Waals surface area contributed by atoms with E-state index in [9.17, 15) is 0 Å². The first-order valence-electron chi connectivity index (χ1n) is 8.77. The summed E-state index contributed by atoms with van der Waals surface area (Å²) in [5.74, 6) is 1.89. The molecule has 21 heavy (non-hydrogen) atoms. The molecule has 2 aliphatic rings. The van der Waals surface area contributed by atoms with Crippen LogP contribution in [0.4, 0.5) is 5.69 Å². The standard InChI is InChI=1S/C19H28BrN/c1-14-13-16(11-12-18(14)20)21-19-10-6-5-9-17(19)15-7-3-2-4-8-15/h11-13,15,17,19,21H,2-10H2,1H3. The summed E-state index contributed by atoms with van der Waals surface area (Å²) >= 11 is 3.60. The molecule has 2 fully saturated rings. The van der Waals surface area contributed by atoms with Crippen molar-refractivity contribution in [1.82, 2.24) is 0 Å². The third-order valence-electron chi connectivity index (χ3n) is 5.58. The minimum absolute atomic E-state index is 0.697. The second-order valence-electron chi connectivity index (χ2n) is 7.06. The Balaban J connectivity index is 1.69. The fraction of sp³-hybridized carbons (Fsp3) is 0.684. The number of aryl methyl sites for hydroxylation is 1. The molecule has 1 nitrogen and oxygen atoms in total. The summed E-state index contributed by atoms with van der Waals surface area (Å²) in [5, 5.41) is 3.88. The van der Waals surface area contributed by atoms with E-state index in [-0.39, 0.29) is 0 Å². The Hall–Kier alpha value is -0.500. The van der Waals surface area contributed by atoms with Crippen LogP contribution >= 0.6 is 15.9 Å². The van der Waals surface area contributed by atoms with Gasteiger partial charge in [-0.2, -0.15) is 0 Å². The van der Waals surface area contributed by atoms with Crippen molar-refractivity contribution >= 4 is 21.6 Å². The van der Waals surface area contributed by atoms with Gasteiger partial charge in [-0.15, -0.1) is 0 Å². The fourth-order valence-electron chi connectivity index (χ4n) is 4.41. The van der Waals surface area contributed by atoms with Gasteiger partial charge in [-0.05, 0) is 55.4 Å². The van der Waals surface area contributed by atoms with Crippen molar-refractivity contribution in [1.29, 1.82) is 0 Å². The predicted molar refractivity (Wildman–Crippen MR) is 94.8 cm³/mol. The average molecular weight is 350 g/mol. The quantitative estimate of drug-likeness (QED) is 0.674. The first kappa shape index (κ1) is 15.4. The third-order valence-corrected chi connectivity index (χ3v) is 6.47. The zero-order valence-electron chi connectivity index (χ0n) is 13.2. The molecule has 0 spiro atoms. The van der Waals surface area contributed by atoms with Crippen molar-refractivity contribution in [2.24, 2.45) is 11.8 Å². The molecule has 1 aromatic carbocycles. The predicted octanol–water partition coefficient (Wildman–Crippen LogP) is 6.31. The molecule has 0 saturated heterocycles. The van der Waals surface area contributed by atoms with E-state index in [1.54, 1.807) is 0 Å². The van der Waals surface area contributed by atoms with E-state index in [1.807, 2.05) is 0 Å². The smallest absolute Gasteiger partial charge is 0.0345 e. The van der Waals surface area contributed by atoms with Crippen LogP contribution in [0.2, 0.25) is 0 Å². The molecular weight excluding hydrogens is 322 g/mol. The average Bonchev–Trinajstić information content (AvgIpc) is 2.52. The molecule has 2 heteroatoms. The third kappa shape index (κ3) is 3.83. The van der Waals surface area contributed by atoms with Gasteiger partial charge in [0.15, 0.2) is 0 Å². The minimum Gasteiger partial charge on any atom is -0.382 e. The van der Waals surface area contributed by atoms with Crippen molar-refractivity contribution in [3.63, 3.8) is 0 Å². The molecule has 1 aromatic rings. The molecule has 2 atom stereocenters. The molecule has 3 rings (SSSR count). The van der Waals surface area contributed by atoms with Crippen LogP contribution in [-0.2, 0) is 0 Å². The van der Waals surface area contributed by atoms with E-state index < -0.39 is 0 Å². The lowest BCUT2D eigenvalue weighted by molar-refractivity contribution is 0.180. The van der Waals surface area contributed by atoms with Crippen LogP contribution in [-0.4, -0.2) is 6.04 Å². The van der Waals surface area contributed by atoms with Crippen LogP contribution in [0.1, 0.15) is 63.4 Å². The molecule has 2 unspecified atom stereocenters. The van der Waals surface area contributed by atoms with Gasteiger partial charge in [0, 0.05) is 16.2 Å². The summed E-state index contributed by atoms with van der Waals surface area (Å²) in [6.45, 7) is 2.18. The van der Waals surface area contributed by atoms with Crippen LogP contribution in [0.15, 0.2) is 22.7 Å². The molecule has 0 aromatic heterocycles. The highest BCUT2D eigenvalue weighted by Crippen LogP contribution is 2.39. The molecule has 0 amide bonds. The summed E-state index contributed by atoms with van der Waals surface area (Å²) in [5.41, 5.74) is 2.63. The van der Waals surface area contributed by atoms with E-state index in [0.717, 1.165) is 11.8 Å². The molecule has 0 radical (unpaired) electrons. The van der Waals surface area contributed by atoms with Gasteiger partial charge in [0.25, 0.3) is 0 Å². The van der Waals surface area contributed by atoms with Crippen molar-refractivity contribution in [2.45, 2.75) is 70.8 Å². The highest BCUT2D eigenvalue weighted by molar-refractivity contribution is 9.10. The van der Waals surface area contributed by atoms with Crippen molar-refractivity contribution in [2.75, 3.05) is 5.32 Å². The number of hydrogen-bond donors (Lipinski definition) is 1. The lowest BCUT2D eigenvalue weighted by Crippen LogP contribution is -2.37. The summed E-state index contributed by atoms with van der Waals surface area (Å²) in [7, 11) is 0. The number of benzene rings is 1. The van der Waals surface area contributed by atoms with Crippen LogP contribution in [0, 0.1) is 18.8 Å². The van der Waals surface area contributed by atoms with Crippen molar-refractivity contribution in [3.8, 4) is 0 Å². The number of anilines is 1. The van der Waals surface area contributed by atoms with E-state index in [2.05, 4.69) is 46.4 Å². The molecule has 116 valence electrons. The zero-order chi connectivity index (χ0) is 14.7. The summed E-state index contributed by atoms with van der Waals surface area (Å²) in [4.78, 5) is 0. The second kappa shape index (κ2) is 7.17. The normalized spacial score (nSPS) is 27.5. The lowest BCUT2D eigenvalue weighted by atomic mass is 9.71. The van der Waals surface area contributed by atoms with Gasteiger partial charge in [0.2, 0.25) is 0 Å². The Morgan fingerprint density at radius 2 is 1.67 bits per heavy atom. The molecule has 1 N–H and O–H groups in total. The molecule has 0 aliphatic heterocycles. The fourth-order valence-corrected chi connectivity index (χ4v) is 4.66. The second-order valence-corrected chi connectivity index (χ2v) is 7.92. The summed E-state index contributed by atoms with van der Waals surface area (Å²) < 4.78 is 1.21. The zero-order valence-corrected chi connectivity index (χ0v) is 14.8. The van der Waals surface area contributed by atoms with Gasteiger partial charge in [-0.3, -0.25) is 0 Å². The first-order valence-corrected chi connectivity index (χ1v) is 9.56. The lowest BCUT2D eigenvalue weighted by Gasteiger charge is -2.40. The molecule has 2 saturated carbocycles. The van der Waals surface area contributed by atoms with Gasteiger partial charge in [0.1, 0.15) is 0 Å². The largest absolute Gasteiger partial charge is 0.382 e. The highest BCUT2D eigenvalue weighted by atomic mass is 79.9. The maximum absolute atomic E-state index is 3.88. The van der Waals surface area contributed by atoms with E-state index >= 15 is 0 Å². The van der Waals surface area contributed by atoms with Crippen LogP contribution < -0.4 is 5.32 Å². The maximum atomic E-state index is 3.88. The van der Waals surface area contributed by atoms with Crippen molar-refractivity contribution in [3.05, 3.63) is 28.2 Å². The van der Waals surface area contributed by atoms with Gasteiger partial charge >= 0.3 is 0 Å². The van der Waals surface area contributed by atoms with E-state index in [1.165, 1.54) is 73.5 Å². The first-order chi connectivity index (χ1) is 10.2. The number of hydrogen-bond acceptors (Lipinski definition) is 1. The topological polar surface area (TPSA) is 12.0 Å². The van der Waals surface area contributed by atoms with Crippen LogP contribution in [0.3, 0.4) is 0 Å².